The van der Waals surface area contributed by atoms with Gasteiger partial charge in [0, 0.05) is 11.8 Å². The van der Waals surface area contributed by atoms with Gasteiger partial charge in [-0.3, -0.25) is 9.78 Å². The van der Waals surface area contributed by atoms with Crippen molar-refractivity contribution in [3.8, 4) is 0 Å². The monoisotopic (exact) mass is 381 g/mol. The minimum absolute atomic E-state index is 0.259. The van der Waals surface area contributed by atoms with Crippen LogP contribution < -0.4 is 16.6 Å². The zero-order valence-corrected chi connectivity index (χ0v) is 16.5. The molecule has 7 heteroatoms. The van der Waals surface area contributed by atoms with Crippen LogP contribution in [-0.4, -0.2) is 20.1 Å². The maximum Gasteiger partial charge on any atom is 0.277 e. The number of hydrogen-bond donors (Lipinski definition) is 4. The summed E-state index contributed by atoms with van der Waals surface area (Å²) < 4.78 is 0. The largest absolute Gasteiger partial charge is 0.385 e. The Morgan fingerprint density at radius 1 is 1.32 bits per heavy atom. The number of nitrogens with one attached hydrogen (secondary N) is 2. The standard InChI is InChI=1S/C19H21N5O2.C2H6/c1-3-11(2)18(25)12-4-6-13(7-5-12)21-9-14-10-22-15-8-16(20)24-19(26)17(15)23-14;1-2/h4-8,10,18,21,25H,2-3,9H2,1H3,(H3,20,24,26);1-2H3. The minimum Gasteiger partial charge on any atom is -0.385 e. The summed E-state index contributed by atoms with van der Waals surface area (Å²) in [5.74, 6) is 0.260. The second-order valence-corrected chi connectivity index (χ2v) is 6.04. The summed E-state index contributed by atoms with van der Waals surface area (Å²) in [5.41, 5.74) is 9.05. The molecule has 0 radical (unpaired) electrons. The van der Waals surface area contributed by atoms with E-state index in [1.54, 1.807) is 12.3 Å². The summed E-state index contributed by atoms with van der Waals surface area (Å²) in [6.45, 7) is 10.2. The SMILES string of the molecule is C=C(CC)C(O)c1ccc(NCc2cnc3cc(N)[nH]c(=O)c3n2)cc1.CC. The summed E-state index contributed by atoms with van der Waals surface area (Å²) in [4.78, 5) is 23.0. The highest BCUT2D eigenvalue weighted by Crippen LogP contribution is 2.23. The van der Waals surface area contributed by atoms with Crippen LogP contribution >= 0.6 is 0 Å². The Hall–Kier alpha value is -3.19. The van der Waals surface area contributed by atoms with E-state index < -0.39 is 6.10 Å². The van der Waals surface area contributed by atoms with Crippen molar-refractivity contribution in [3.63, 3.8) is 0 Å². The van der Waals surface area contributed by atoms with Crippen molar-refractivity contribution in [3.05, 3.63) is 70.3 Å². The van der Waals surface area contributed by atoms with Gasteiger partial charge in [-0.1, -0.05) is 39.5 Å². The molecule has 0 saturated heterocycles. The third-order valence-corrected chi connectivity index (χ3v) is 4.16. The van der Waals surface area contributed by atoms with E-state index in [4.69, 9.17) is 5.73 Å². The number of fused-ring (bicyclic) bond motifs is 1. The van der Waals surface area contributed by atoms with Crippen molar-refractivity contribution in [2.24, 2.45) is 0 Å². The Kier molecular flexibility index (Phi) is 7.28. The second-order valence-electron chi connectivity index (χ2n) is 6.04. The fourth-order valence-electron chi connectivity index (χ4n) is 2.57. The number of nitrogen functional groups attached to an aromatic ring is 1. The van der Waals surface area contributed by atoms with E-state index in [0.29, 0.717) is 17.8 Å². The molecule has 28 heavy (non-hydrogen) atoms. The van der Waals surface area contributed by atoms with E-state index in [0.717, 1.165) is 23.2 Å². The minimum atomic E-state index is -0.653. The number of rotatable bonds is 6. The lowest BCUT2D eigenvalue weighted by Crippen LogP contribution is -2.13. The molecule has 0 aliphatic rings. The molecule has 7 nitrogen and oxygen atoms in total. The van der Waals surface area contributed by atoms with Gasteiger partial charge in [-0.05, 0) is 29.7 Å². The lowest BCUT2D eigenvalue weighted by molar-refractivity contribution is 0.212. The van der Waals surface area contributed by atoms with Gasteiger partial charge in [0.1, 0.15) is 5.82 Å². The average molecular weight is 381 g/mol. The number of aliphatic hydroxyl groups excluding tert-OH is 1. The van der Waals surface area contributed by atoms with Crippen LogP contribution in [0.1, 0.15) is 44.6 Å². The van der Waals surface area contributed by atoms with Gasteiger partial charge in [0.25, 0.3) is 5.56 Å². The Bertz CT molecular complexity index is 996. The average Bonchev–Trinajstić information content (AvgIpc) is 2.73. The van der Waals surface area contributed by atoms with Crippen molar-refractivity contribution < 1.29 is 5.11 Å². The highest BCUT2D eigenvalue weighted by Gasteiger charge is 2.10. The number of pyridine rings is 1. The maximum atomic E-state index is 11.9. The molecule has 1 atom stereocenters. The molecule has 0 aliphatic carbocycles. The molecule has 0 amide bonds. The first-order valence-electron chi connectivity index (χ1n) is 9.32. The van der Waals surface area contributed by atoms with Crippen LogP contribution in [0.2, 0.25) is 0 Å². The highest BCUT2D eigenvalue weighted by molar-refractivity contribution is 5.75. The first kappa shape index (κ1) is 21.1. The van der Waals surface area contributed by atoms with Gasteiger partial charge in [-0.2, -0.15) is 0 Å². The number of nitrogens with zero attached hydrogens (tertiary/aromatic N) is 2. The fourth-order valence-corrected chi connectivity index (χ4v) is 2.57. The number of H-pyrrole nitrogens is 1. The number of anilines is 2. The van der Waals surface area contributed by atoms with Crippen molar-refractivity contribution in [2.75, 3.05) is 11.1 Å². The molecule has 148 valence electrons. The Labute approximate surface area is 164 Å². The first-order chi connectivity index (χ1) is 13.5. The molecule has 3 rings (SSSR count). The second kappa shape index (κ2) is 9.66. The van der Waals surface area contributed by atoms with Gasteiger partial charge in [0.05, 0.1) is 30.1 Å². The molecular formula is C21H27N5O2. The summed E-state index contributed by atoms with van der Waals surface area (Å²) in [7, 11) is 0. The topological polar surface area (TPSA) is 117 Å². The normalized spacial score (nSPS) is 11.4. The smallest absolute Gasteiger partial charge is 0.277 e. The number of hydrogen-bond acceptors (Lipinski definition) is 6. The third kappa shape index (κ3) is 4.95. The fraction of sp³-hybridized carbons (Fsp3) is 0.286. The molecule has 2 aromatic heterocycles. The number of benzene rings is 1. The van der Waals surface area contributed by atoms with Crippen LogP contribution in [0.3, 0.4) is 0 Å². The highest BCUT2D eigenvalue weighted by atomic mass is 16.3. The van der Waals surface area contributed by atoms with Crippen molar-refractivity contribution in [1.82, 2.24) is 15.0 Å². The van der Waals surface area contributed by atoms with Crippen LogP contribution in [0.5, 0.6) is 0 Å². The molecule has 0 saturated carbocycles. The maximum absolute atomic E-state index is 11.9. The van der Waals surface area contributed by atoms with E-state index in [9.17, 15) is 9.90 Å². The van der Waals surface area contributed by atoms with Gasteiger partial charge >= 0.3 is 0 Å². The van der Waals surface area contributed by atoms with Crippen LogP contribution in [-0.2, 0) is 6.54 Å². The summed E-state index contributed by atoms with van der Waals surface area (Å²) in [6.07, 6.45) is 1.68. The van der Waals surface area contributed by atoms with E-state index in [2.05, 4.69) is 26.8 Å². The Morgan fingerprint density at radius 2 is 2.00 bits per heavy atom. The summed E-state index contributed by atoms with van der Waals surface area (Å²) in [6, 6.07) is 9.04. The molecule has 1 unspecified atom stereocenters. The third-order valence-electron chi connectivity index (χ3n) is 4.16. The van der Waals surface area contributed by atoms with Crippen LogP contribution in [0, 0.1) is 0 Å². The lowest BCUT2D eigenvalue weighted by Gasteiger charge is -2.13. The number of nitrogens with two attached hydrogens (primary N) is 1. The van der Waals surface area contributed by atoms with Crippen LogP contribution in [0.15, 0.2) is 53.5 Å². The van der Waals surface area contributed by atoms with E-state index in [1.165, 1.54) is 0 Å². The zero-order valence-electron chi connectivity index (χ0n) is 16.5. The summed E-state index contributed by atoms with van der Waals surface area (Å²) in [5, 5.41) is 13.4. The van der Waals surface area contributed by atoms with Crippen molar-refractivity contribution >= 4 is 22.5 Å². The van der Waals surface area contributed by atoms with Gasteiger partial charge in [-0.25, -0.2) is 4.98 Å². The van der Waals surface area contributed by atoms with Crippen LogP contribution in [0.25, 0.3) is 11.0 Å². The van der Waals surface area contributed by atoms with Crippen LogP contribution in [0.4, 0.5) is 11.5 Å². The predicted molar refractivity (Wildman–Crippen MR) is 114 cm³/mol. The molecule has 0 aliphatic heterocycles. The molecule has 3 aromatic rings. The number of aromatic amines is 1. The quantitative estimate of drug-likeness (QED) is 0.485. The lowest BCUT2D eigenvalue weighted by atomic mass is 10.0. The van der Waals surface area contributed by atoms with Gasteiger partial charge in [0.2, 0.25) is 0 Å². The summed E-state index contributed by atoms with van der Waals surface area (Å²) >= 11 is 0. The van der Waals surface area contributed by atoms with E-state index >= 15 is 0 Å². The molecule has 5 N–H and O–H groups in total. The molecule has 0 spiro atoms. The molecular weight excluding hydrogens is 354 g/mol. The Morgan fingerprint density at radius 3 is 2.64 bits per heavy atom. The number of aliphatic hydroxyl groups is 1. The number of aromatic nitrogens is 3. The van der Waals surface area contributed by atoms with E-state index in [1.807, 2.05) is 45.0 Å². The zero-order chi connectivity index (χ0) is 20.7. The van der Waals surface area contributed by atoms with Gasteiger partial charge in [-0.15, -0.1) is 0 Å². The van der Waals surface area contributed by atoms with Crippen molar-refractivity contribution in [2.45, 2.75) is 39.8 Å². The molecule has 2 heterocycles. The van der Waals surface area contributed by atoms with Gasteiger partial charge < -0.3 is 21.1 Å². The predicted octanol–water partition coefficient (Wildman–Crippen LogP) is 3.54. The first-order valence-corrected chi connectivity index (χ1v) is 9.32. The Balaban J connectivity index is 0.00000136. The molecule has 0 bridgehead atoms. The van der Waals surface area contributed by atoms with Gasteiger partial charge in [0.15, 0.2) is 5.52 Å². The van der Waals surface area contributed by atoms with Crippen molar-refractivity contribution in [1.29, 1.82) is 0 Å². The van der Waals surface area contributed by atoms with E-state index in [-0.39, 0.29) is 16.9 Å². The molecule has 1 aromatic carbocycles. The molecule has 0 fully saturated rings.